The van der Waals surface area contributed by atoms with Gasteiger partial charge in [0, 0.05) is 17.0 Å². The summed E-state index contributed by atoms with van der Waals surface area (Å²) >= 11 is 3.18. The van der Waals surface area contributed by atoms with Crippen LogP contribution in [0.1, 0.15) is 16.2 Å². The maximum Gasteiger partial charge on any atom is 0.336 e. The second-order valence-corrected chi connectivity index (χ2v) is 4.11. The lowest BCUT2D eigenvalue weighted by atomic mass is 10.1. The van der Waals surface area contributed by atoms with Crippen molar-refractivity contribution >= 4 is 21.9 Å². The molecule has 0 saturated carbocycles. The fourth-order valence-electron chi connectivity index (χ4n) is 1.34. The molecule has 0 aliphatic rings. The molecule has 0 fully saturated rings. The second kappa shape index (κ2) is 4.09. The van der Waals surface area contributed by atoms with Crippen LogP contribution in [-0.4, -0.2) is 16.1 Å². The van der Waals surface area contributed by atoms with Gasteiger partial charge in [-0.15, -0.1) is 0 Å². The number of aromatic nitrogens is 1. The van der Waals surface area contributed by atoms with E-state index in [-0.39, 0.29) is 5.56 Å². The number of nitrogens with zero attached hydrogens (tertiary/aromatic N) is 1. The van der Waals surface area contributed by atoms with E-state index in [0.29, 0.717) is 16.1 Å². The number of halogens is 1. The van der Waals surface area contributed by atoms with Crippen LogP contribution in [0.4, 0.5) is 0 Å². The molecule has 4 nitrogen and oxygen atoms in total. The Labute approximate surface area is 100 Å². The summed E-state index contributed by atoms with van der Waals surface area (Å²) in [4.78, 5) is 15.1. The first-order valence-electron chi connectivity index (χ1n) is 4.53. The molecule has 1 aromatic carbocycles. The number of carbonyl (C=O) groups is 1. The van der Waals surface area contributed by atoms with Gasteiger partial charge in [0.1, 0.15) is 12.0 Å². The minimum atomic E-state index is -0.978. The summed E-state index contributed by atoms with van der Waals surface area (Å²) in [5, 5.41) is 8.97. The van der Waals surface area contributed by atoms with Gasteiger partial charge in [0.25, 0.3) is 0 Å². The highest BCUT2D eigenvalue weighted by molar-refractivity contribution is 9.10. The van der Waals surface area contributed by atoms with E-state index < -0.39 is 5.97 Å². The van der Waals surface area contributed by atoms with Crippen molar-refractivity contribution in [3.63, 3.8) is 0 Å². The number of rotatable bonds is 2. The maximum absolute atomic E-state index is 10.9. The van der Waals surface area contributed by atoms with Gasteiger partial charge >= 0.3 is 5.97 Å². The van der Waals surface area contributed by atoms with Crippen LogP contribution in [0, 0.1) is 6.92 Å². The van der Waals surface area contributed by atoms with Crippen LogP contribution in [0.25, 0.3) is 11.3 Å². The van der Waals surface area contributed by atoms with Crippen molar-refractivity contribution in [1.82, 2.24) is 4.98 Å². The molecule has 0 radical (unpaired) electrons. The molecule has 1 aromatic heterocycles. The summed E-state index contributed by atoms with van der Waals surface area (Å²) in [6.45, 7) is 1.74. The van der Waals surface area contributed by atoms with Crippen molar-refractivity contribution in [1.29, 1.82) is 0 Å². The molecular formula is C11H8BrNO3. The van der Waals surface area contributed by atoms with E-state index >= 15 is 0 Å². The second-order valence-electron chi connectivity index (χ2n) is 3.25. The molecule has 0 saturated heterocycles. The summed E-state index contributed by atoms with van der Waals surface area (Å²) in [7, 11) is 0. The molecule has 16 heavy (non-hydrogen) atoms. The molecule has 2 rings (SSSR count). The molecule has 0 bridgehead atoms. The number of aryl methyl sites for hydroxylation is 1. The largest absolute Gasteiger partial charge is 0.478 e. The van der Waals surface area contributed by atoms with Crippen molar-refractivity contribution in [2.75, 3.05) is 0 Å². The number of oxazole rings is 1. The third kappa shape index (κ3) is 1.99. The summed E-state index contributed by atoms with van der Waals surface area (Å²) in [5.41, 5.74) is 1.56. The lowest BCUT2D eigenvalue weighted by molar-refractivity contribution is 0.0696. The molecule has 0 spiro atoms. The van der Waals surface area contributed by atoms with Crippen molar-refractivity contribution in [2.24, 2.45) is 0 Å². The SMILES string of the molecule is Cc1nc(-c2ccc(Br)c(C(=O)O)c2)co1. The van der Waals surface area contributed by atoms with E-state index in [1.54, 1.807) is 25.1 Å². The van der Waals surface area contributed by atoms with E-state index in [1.165, 1.54) is 6.26 Å². The van der Waals surface area contributed by atoms with E-state index in [0.717, 1.165) is 5.56 Å². The smallest absolute Gasteiger partial charge is 0.336 e. The Bertz CT molecular complexity index is 548. The highest BCUT2D eigenvalue weighted by Crippen LogP contribution is 2.25. The molecule has 0 atom stereocenters. The van der Waals surface area contributed by atoms with Crippen LogP contribution in [0.3, 0.4) is 0 Å². The fourth-order valence-corrected chi connectivity index (χ4v) is 1.76. The molecule has 2 aromatic rings. The van der Waals surface area contributed by atoms with Crippen LogP contribution >= 0.6 is 15.9 Å². The summed E-state index contributed by atoms with van der Waals surface area (Å²) in [6, 6.07) is 5.03. The standard InChI is InChI=1S/C11H8BrNO3/c1-6-13-10(5-16-6)7-2-3-9(12)8(4-7)11(14)15/h2-5H,1H3,(H,14,15). The zero-order valence-electron chi connectivity index (χ0n) is 8.40. The van der Waals surface area contributed by atoms with E-state index in [1.807, 2.05) is 0 Å². The first kappa shape index (κ1) is 10.9. The highest BCUT2D eigenvalue weighted by atomic mass is 79.9. The van der Waals surface area contributed by atoms with Crippen molar-refractivity contribution in [3.8, 4) is 11.3 Å². The zero-order valence-corrected chi connectivity index (χ0v) is 9.98. The van der Waals surface area contributed by atoms with Gasteiger partial charge in [-0.05, 0) is 28.1 Å². The molecule has 0 aliphatic heterocycles. The van der Waals surface area contributed by atoms with Crippen LogP contribution in [0.2, 0.25) is 0 Å². The van der Waals surface area contributed by atoms with Gasteiger partial charge in [-0.1, -0.05) is 6.07 Å². The Kier molecular flexibility index (Phi) is 2.78. The fraction of sp³-hybridized carbons (Fsp3) is 0.0909. The van der Waals surface area contributed by atoms with Gasteiger partial charge < -0.3 is 9.52 Å². The predicted octanol–water partition coefficient (Wildman–Crippen LogP) is 3.11. The van der Waals surface area contributed by atoms with Crippen LogP contribution in [-0.2, 0) is 0 Å². The normalized spacial score (nSPS) is 10.4. The third-order valence-electron chi connectivity index (χ3n) is 2.11. The minimum Gasteiger partial charge on any atom is -0.478 e. The highest BCUT2D eigenvalue weighted by Gasteiger charge is 2.11. The monoisotopic (exact) mass is 281 g/mol. The zero-order chi connectivity index (χ0) is 11.7. The lowest BCUT2D eigenvalue weighted by Gasteiger charge is -2.01. The molecular weight excluding hydrogens is 274 g/mol. The molecule has 1 heterocycles. The van der Waals surface area contributed by atoms with E-state index in [9.17, 15) is 4.79 Å². The van der Waals surface area contributed by atoms with E-state index in [4.69, 9.17) is 9.52 Å². The Balaban J connectivity index is 2.51. The topological polar surface area (TPSA) is 63.3 Å². The summed E-state index contributed by atoms with van der Waals surface area (Å²) in [5.74, 6) is -0.427. The van der Waals surface area contributed by atoms with Gasteiger partial charge in [0.05, 0.1) is 5.56 Å². The number of hydrogen-bond acceptors (Lipinski definition) is 3. The average Bonchev–Trinajstić information content (AvgIpc) is 2.65. The molecule has 5 heteroatoms. The number of aromatic carboxylic acids is 1. The van der Waals surface area contributed by atoms with Gasteiger partial charge in [0.15, 0.2) is 5.89 Å². The number of carboxylic acid groups (broad SMARTS) is 1. The van der Waals surface area contributed by atoms with Gasteiger partial charge in [0.2, 0.25) is 0 Å². The molecule has 82 valence electrons. The maximum atomic E-state index is 10.9. The Morgan fingerprint density at radius 1 is 1.50 bits per heavy atom. The first-order chi connectivity index (χ1) is 7.58. The molecule has 0 amide bonds. The summed E-state index contributed by atoms with van der Waals surface area (Å²) in [6.07, 6.45) is 1.50. The number of benzene rings is 1. The van der Waals surface area contributed by atoms with Crippen molar-refractivity contribution in [3.05, 3.63) is 40.4 Å². The minimum absolute atomic E-state index is 0.207. The Hall–Kier alpha value is -1.62. The lowest BCUT2D eigenvalue weighted by Crippen LogP contribution is -1.97. The van der Waals surface area contributed by atoms with Crippen molar-refractivity contribution in [2.45, 2.75) is 6.92 Å². The Morgan fingerprint density at radius 3 is 2.81 bits per heavy atom. The first-order valence-corrected chi connectivity index (χ1v) is 5.32. The number of carboxylic acids is 1. The van der Waals surface area contributed by atoms with Gasteiger partial charge in [-0.3, -0.25) is 0 Å². The van der Waals surface area contributed by atoms with E-state index in [2.05, 4.69) is 20.9 Å². The summed E-state index contributed by atoms with van der Waals surface area (Å²) < 4.78 is 5.62. The molecule has 0 aliphatic carbocycles. The quantitative estimate of drug-likeness (QED) is 0.919. The van der Waals surface area contributed by atoms with Crippen LogP contribution in [0.15, 0.2) is 33.4 Å². The Morgan fingerprint density at radius 2 is 2.25 bits per heavy atom. The number of hydrogen-bond donors (Lipinski definition) is 1. The van der Waals surface area contributed by atoms with Crippen LogP contribution < -0.4 is 0 Å². The average molecular weight is 282 g/mol. The molecule has 0 unspecified atom stereocenters. The third-order valence-corrected chi connectivity index (χ3v) is 2.80. The predicted molar refractivity (Wildman–Crippen MR) is 61.3 cm³/mol. The molecule has 1 N–H and O–H groups in total. The van der Waals surface area contributed by atoms with Crippen LogP contribution in [0.5, 0.6) is 0 Å². The van der Waals surface area contributed by atoms with Crippen molar-refractivity contribution < 1.29 is 14.3 Å². The van der Waals surface area contributed by atoms with Gasteiger partial charge in [-0.25, -0.2) is 9.78 Å². The van der Waals surface area contributed by atoms with Gasteiger partial charge in [-0.2, -0.15) is 0 Å².